The Morgan fingerprint density at radius 1 is 1.21 bits per heavy atom. The van der Waals surface area contributed by atoms with Crippen molar-refractivity contribution in [2.75, 3.05) is 24.7 Å². The normalized spacial score (nSPS) is 26.9. The van der Waals surface area contributed by atoms with Crippen molar-refractivity contribution in [1.29, 1.82) is 0 Å². The maximum atomic E-state index is 13.1. The van der Waals surface area contributed by atoms with Gasteiger partial charge in [-0.05, 0) is 43.5 Å². The van der Waals surface area contributed by atoms with E-state index >= 15 is 0 Å². The Labute approximate surface area is 141 Å². The highest BCUT2D eigenvalue weighted by Gasteiger charge is 2.40. The Hall–Kier alpha value is -1.03. The number of sulfone groups is 1. The summed E-state index contributed by atoms with van der Waals surface area (Å²) in [4.78, 5) is -0.0359. The Morgan fingerprint density at radius 2 is 1.92 bits per heavy atom. The highest BCUT2D eigenvalue weighted by Crippen LogP contribution is 2.27. The molecule has 2 aliphatic rings. The molecule has 1 aromatic carbocycles. The van der Waals surface area contributed by atoms with Crippen LogP contribution in [0.15, 0.2) is 29.2 Å². The first-order chi connectivity index (χ1) is 11.3. The third kappa shape index (κ3) is 3.79. The minimum absolute atomic E-state index is 0.0152. The van der Waals surface area contributed by atoms with Gasteiger partial charge in [0.2, 0.25) is 10.0 Å². The molecule has 0 aliphatic carbocycles. The molecule has 6 nitrogen and oxygen atoms in total. The zero-order valence-electron chi connectivity index (χ0n) is 13.1. The van der Waals surface area contributed by atoms with Gasteiger partial charge in [0.15, 0.2) is 9.84 Å². The number of benzene rings is 1. The Morgan fingerprint density at radius 3 is 2.46 bits per heavy atom. The molecule has 0 spiro atoms. The maximum Gasteiger partial charge on any atom is 0.243 e. The molecule has 9 heteroatoms. The molecule has 2 fully saturated rings. The average Bonchev–Trinajstić information content (AvgIpc) is 3.14. The predicted octanol–water partition coefficient (Wildman–Crippen LogP) is 1.18. The van der Waals surface area contributed by atoms with E-state index in [1.165, 1.54) is 16.4 Å². The summed E-state index contributed by atoms with van der Waals surface area (Å²) in [7, 11) is -7.15. The molecule has 1 aromatic rings. The summed E-state index contributed by atoms with van der Waals surface area (Å²) in [5.74, 6) is -0.721. The minimum Gasteiger partial charge on any atom is -0.377 e. The summed E-state index contributed by atoms with van der Waals surface area (Å²) in [5.41, 5.74) is 0. The lowest BCUT2D eigenvalue weighted by Gasteiger charge is -2.29. The molecular weight excluding hydrogens is 357 g/mol. The zero-order chi connectivity index (χ0) is 17.4. The van der Waals surface area contributed by atoms with Crippen molar-refractivity contribution in [3.63, 3.8) is 0 Å². The van der Waals surface area contributed by atoms with Crippen molar-refractivity contribution in [3.8, 4) is 0 Å². The van der Waals surface area contributed by atoms with Crippen molar-refractivity contribution in [1.82, 2.24) is 4.31 Å². The Balaban J connectivity index is 1.91. The Bertz CT molecular complexity index is 786. The molecule has 0 radical (unpaired) electrons. The molecule has 0 amide bonds. The molecule has 2 aliphatic heterocycles. The van der Waals surface area contributed by atoms with Crippen molar-refractivity contribution in [3.05, 3.63) is 30.1 Å². The summed E-state index contributed by atoms with van der Waals surface area (Å²) >= 11 is 0. The van der Waals surface area contributed by atoms with E-state index < -0.39 is 31.7 Å². The molecule has 0 N–H and O–H groups in total. The molecule has 2 saturated heterocycles. The van der Waals surface area contributed by atoms with Crippen molar-refractivity contribution in [2.45, 2.75) is 36.3 Å². The van der Waals surface area contributed by atoms with E-state index in [2.05, 4.69) is 0 Å². The van der Waals surface area contributed by atoms with Gasteiger partial charge in [-0.15, -0.1) is 0 Å². The van der Waals surface area contributed by atoms with Gasteiger partial charge in [-0.1, -0.05) is 0 Å². The molecule has 0 bridgehead atoms. The van der Waals surface area contributed by atoms with Crippen LogP contribution in [0.1, 0.15) is 19.3 Å². The molecule has 3 rings (SSSR count). The second-order valence-corrected chi connectivity index (χ2v) is 10.3. The molecule has 24 heavy (non-hydrogen) atoms. The van der Waals surface area contributed by atoms with Crippen molar-refractivity contribution >= 4 is 19.9 Å². The third-order valence-electron chi connectivity index (χ3n) is 4.44. The lowest BCUT2D eigenvalue weighted by Crippen LogP contribution is -2.45. The standard InChI is InChI=1S/C15H20FNO5S2/c16-12-3-5-15(6-4-12)24(20,21)17(10-14-2-1-8-22-14)13-7-9-23(18,19)11-13/h3-6,13-14H,1-2,7-11H2/t13-,14-/m0/s1. The van der Waals surface area contributed by atoms with Gasteiger partial charge in [-0.25, -0.2) is 21.2 Å². The maximum absolute atomic E-state index is 13.1. The van der Waals surface area contributed by atoms with Crippen LogP contribution in [0.4, 0.5) is 4.39 Å². The van der Waals surface area contributed by atoms with E-state index in [1.54, 1.807) is 0 Å². The average molecular weight is 377 g/mol. The third-order valence-corrected chi connectivity index (χ3v) is 8.13. The van der Waals surface area contributed by atoms with Gasteiger partial charge < -0.3 is 4.74 Å². The van der Waals surface area contributed by atoms with E-state index in [0.29, 0.717) is 6.61 Å². The van der Waals surface area contributed by atoms with Gasteiger partial charge in [0.1, 0.15) is 5.82 Å². The van der Waals surface area contributed by atoms with E-state index in [1.807, 2.05) is 0 Å². The zero-order valence-corrected chi connectivity index (χ0v) is 14.7. The van der Waals surface area contributed by atoms with E-state index in [0.717, 1.165) is 25.0 Å². The lowest BCUT2D eigenvalue weighted by molar-refractivity contribution is 0.0877. The number of sulfonamides is 1. The van der Waals surface area contributed by atoms with Crippen LogP contribution in [-0.4, -0.2) is 57.9 Å². The summed E-state index contributed by atoms with van der Waals surface area (Å²) in [6.45, 7) is 0.706. The molecule has 0 unspecified atom stereocenters. The fourth-order valence-electron chi connectivity index (χ4n) is 3.18. The van der Waals surface area contributed by atoms with Crippen LogP contribution in [0.3, 0.4) is 0 Å². The predicted molar refractivity (Wildman–Crippen MR) is 86.3 cm³/mol. The second-order valence-electron chi connectivity index (χ2n) is 6.22. The fourth-order valence-corrected chi connectivity index (χ4v) is 6.69. The van der Waals surface area contributed by atoms with Gasteiger partial charge in [0, 0.05) is 19.2 Å². The number of hydrogen-bond acceptors (Lipinski definition) is 5. The monoisotopic (exact) mass is 377 g/mol. The molecular formula is C15H20FNO5S2. The number of hydrogen-bond donors (Lipinski definition) is 0. The number of halogens is 1. The van der Waals surface area contributed by atoms with Gasteiger partial charge in [0.25, 0.3) is 0 Å². The SMILES string of the molecule is O=S1(=O)CC[C@H](N(C[C@@H]2CCCO2)S(=O)(=O)c2ccc(F)cc2)C1. The fraction of sp³-hybridized carbons (Fsp3) is 0.600. The van der Waals surface area contributed by atoms with Crippen molar-refractivity contribution in [2.24, 2.45) is 0 Å². The van der Waals surface area contributed by atoms with Crippen LogP contribution in [0, 0.1) is 5.82 Å². The summed E-state index contributed by atoms with van der Waals surface area (Å²) in [6.07, 6.45) is 1.64. The second kappa shape index (κ2) is 6.70. The van der Waals surface area contributed by atoms with Gasteiger partial charge in [-0.2, -0.15) is 4.31 Å². The summed E-state index contributed by atoms with van der Waals surface area (Å²) in [6, 6.07) is 3.98. The number of ether oxygens (including phenoxy) is 1. The molecule has 2 heterocycles. The molecule has 0 saturated carbocycles. The summed E-state index contributed by atoms with van der Waals surface area (Å²) < 4.78 is 69.4. The van der Waals surface area contributed by atoms with Crippen LogP contribution in [-0.2, 0) is 24.6 Å². The first-order valence-corrected chi connectivity index (χ1v) is 11.1. The van der Waals surface area contributed by atoms with Crippen molar-refractivity contribution < 1.29 is 26.0 Å². The quantitative estimate of drug-likeness (QED) is 0.770. The summed E-state index contributed by atoms with van der Waals surface area (Å²) in [5, 5.41) is 0. The van der Waals surface area contributed by atoms with Gasteiger partial charge in [-0.3, -0.25) is 0 Å². The minimum atomic E-state index is -3.92. The first-order valence-electron chi connectivity index (χ1n) is 7.87. The van der Waals surface area contributed by atoms with Crippen LogP contribution in [0.25, 0.3) is 0 Å². The lowest BCUT2D eigenvalue weighted by atomic mass is 10.2. The van der Waals surface area contributed by atoms with Crippen LogP contribution >= 0.6 is 0 Å². The largest absolute Gasteiger partial charge is 0.377 e. The smallest absolute Gasteiger partial charge is 0.243 e. The molecule has 2 atom stereocenters. The van der Waals surface area contributed by atoms with Crippen LogP contribution < -0.4 is 0 Å². The number of nitrogens with zero attached hydrogens (tertiary/aromatic N) is 1. The van der Waals surface area contributed by atoms with Gasteiger partial charge in [0.05, 0.1) is 22.5 Å². The molecule has 134 valence electrons. The first kappa shape index (κ1) is 17.8. The highest BCUT2D eigenvalue weighted by molar-refractivity contribution is 7.92. The topological polar surface area (TPSA) is 80.8 Å². The van der Waals surface area contributed by atoms with Crippen LogP contribution in [0.2, 0.25) is 0 Å². The highest BCUT2D eigenvalue weighted by atomic mass is 32.2. The Kier molecular flexibility index (Phi) is 4.96. The van der Waals surface area contributed by atoms with Gasteiger partial charge >= 0.3 is 0 Å². The number of rotatable bonds is 5. The molecule has 0 aromatic heterocycles. The van der Waals surface area contributed by atoms with E-state index in [9.17, 15) is 21.2 Å². The van der Waals surface area contributed by atoms with E-state index in [4.69, 9.17) is 4.74 Å². The van der Waals surface area contributed by atoms with Crippen LogP contribution in [0.5, 0.6) is 0 Å². The van der Waals surface area contributed by atoms with E-state index in [-0.39, 0.29) is 35.5 Å².